The summed E-state index contributed by atoms with van der Waals surface area (Å²) in [7, 11) is 0. The summed E-state index contributed by atoms with van der Waals surface area (Å²) in [5.41, 5.74) is 8.14. The summed E-state index contributed by atoms with van der Waals surface area (Å²) >= 11 is 5.80. The molecule has 0 saturated carbocycles. The van der Waals surface area contributed by atoms with Crippen molar-refractivity contribution < 1.29 is 23.5 Å². The number of nitrogens with zero attached hydrogens (tertiary/aromatic N) is 1. The number of rotatable bonds is 7. The van der Waals surface area contributed by atoms with Gasteiger partial charge in [0, 0.05) is 10.6 Å². The Morgan fingerprint density at radius 3 is 2.19 bits per heavy atom. The predicted octanol–water partition coefficient (Wildman–Crippen LogP) is 5.30. The van der Waals surface area contributed by atoms with Crippen LogP contribution in [0.1, 0.15) is 35.2 Å². The van der Waals surface area contributed by atoms with Crippen LogP contribution in [0.25, 0.3) is 11.1 Å². The van der Waals surface area contributed by atoms with Gasteiger partial charge in [0.15, 0.2) is 17.3 Å². The highest BCUT2D eigenvalue weighted by Crippen LogP contribution is 2.34. The molecule has 5 rings (SSSR count). The highest BCUT2D eigenvalue weighted by molar-refractivity contribution is 6.42. The van der Waals surface area contributed by atoms with Gasteiger partial charge in [0.25, 0.3) is 5.91 Å². The Hall–Kier alpha value is -3.42. The van der Waals surface area contributed by atoms with Gasteiger partial charge in [-0.15, -0.1) is 0 Å². The molecule has 0 spiro atoms. The summed E-state index contributed by atoms with van der Waals surface area (Å²) in [4.78, 5) is 24.6. The van der Waals surface area contributed by atoms with Crippen LogP contribution >= 0.6 is 11.6 Å². The molecule has 0 aliphatic carbocycles. The molecule has 2 N–H and O–H groups in total. The summed E-state index contributed by atoms with van der Waals surface area (Å²) in [6.07, 6.45) is 4.60. The Balaban J connectivity index is 0.000000173. The van der Waals surface area contributed by atoms with E-state index in [4.69, 9.17) is 26.8 Å². The third-order valence-corrected chi connectivity index (χ3v) is 6.60. The number of ether oxygens (including phenoxy) is 2. The van der Waals surface area contributed by atoms with Crippen molar-refractivity contribution in [1.29, 1.82) is 0 Å². The first-order valence-electron chi connectivity index (χ1n) is 12.4. The van der Waals surface area contributed by atoms with Gasteiger partial charge in [0.2, 0.25) is 5.78 Å². The van der Waals surface area contributed by atoms with Gasteiger partial charge in [-0.05, 0) is 86.3 Å². The van der Waals surface area contributed by atoms with Gasteiger partial charge < -0.3 is 20.1 Å². The minimum absolute atomic E-state index is 0.273. The zero-order chi connectivity index (χ0) is 26.2. The van der Waals surface area contributed by atoms with Crippen molar-refractivity contribution in [2.24, 2.45) is 5.73 Å². The minimum atomic E-state index is -0.950. The molecule has 0 unspecified atom stereocenters. The second kappa shape index (κ2) is 12.7. The van der Waals surface area contributed by atoms with Gasteiger partial charge in [-0.2, -0.15) is 0 Å². The Morgan fingerprint density at radius 1 is 0.919 bits per heavy atom. The van der Waals surface area contributed by atoms with Gasteiger partial charge in [-0.25, -0.2) is 4.39 Å². The number of ketones is 1. The highest BCUT2D eigenvalue weighted by atomic mass is 35.5. The van der Waals surface area contributed by atoms with Crippen LogP contribution in [0.15, 0.2) is 60.7 Å². The molecule has 194 valence electrons. The van der Waals surface area contributed by atoms with Crippen molar-refractivity contribution in [3.63, 3.8) is 0 Å². The number of carbonyl (C=O) groups excluding carboxylic acids is 2. The molecular formula is C29H30ClFN2O4. The Morgan fingerprint density at radius 2 is 1.54 bits per heavy atom. The Kier molecular flexibility index (Phi) is 9.14. The second-order valence-corrected chi connectivity index (χ2v) is 9.47. The molecule has 1 amide bonds. The van der Waals surface area contributed by atoms with Crippen LogP contribution in [0.4, 0.5) is 4.39 Å². The third-order valence-electron chi connectivity index (χ3n) is 6.34. The van der Waals surface area contributed by atoms with E-state index in [-0.39, 0.29) is 11.6 Å². The maximum Gasteiger partial charge on any atom is 0.289 e. The lowest BCUT2D eigenvalue weighted by atomic mass is 10.0. The molecule has 3 aromatic carbocycles. The predicted molar refractivity (Wildman–Crippen MR) is 142 cm³/mol. The number of fused-ring (bicyclic) bond motifs is 1. The number of Topliss-reactive ketones (excluding diaryl/α,β-unsaturated/α-hetero) is 1. The second-order valence-electron chi connectivity index (χ2n) is 9.03. The first-order chi connectivity index (χ1) is 17.9. The van der Waals surface area contributed by atoms with Crippen molar-refractivity contribution in [2.75, 3.05) is 32.8 Å². The number of hydrogen-bond donors (Lipinski definition) is 1. The van der Waals surface area contributed by atoms with Crippen LogP contribution in [0.3, 0.4) is 0 Å². The fraction of sp³-hybridized carbons (Fsp3) is 0.310. The molecule has 1 saturated heterocycles. The summed E-state index contributed by atoms with van der Waals surface area (Å²) in [5, 5.41) is 0.666. The fourth-order valence-electron chi connectivity index (χ4n) is 4.42. The SMILES string of the molecule is Fc1cc(CCCN2CCCC2)cc2c1OCCO2.NC(=O)C(=O)c1ccc(-c2ccc(Cl)cc2)cc1. The maximum atomic E-state index is 13.8. The number of likely N-dealkylation sites (tertiary alicyclic amines) is 1. The average Bonchev–Trinajstić information content (AvgIpc) is 3.43. The summed E-state index contributed by atoms with van der Waals surface area (Å²) < 4.78 is 24.6. The van der Waals surface area contributed by atoms with Crippen LogP contribution < -0.4 is 15.2 Å². The van der Waals surface area contributed by atoms with Crippen molar-refractivity contribution >= 4 is 23.3 Å². The highest BCUT2D eigenvalue weighted by Gasteiger charge is 2.18. The minimum Gasteiger partial charge on any atom is -0.486 e. The van der Waals surface area contributed by atoms with Crippen molar-refractivity contribution in [3.05, 3.63) is 82.6 Å². The molecule has 1 fully saturated rings. The van der Waals surface area contributed by atoms with Crippen LogP contribution in [0, 0.1) is 5.82 Å². The van der Waals surface area contributed by atoms with E-state index < -0.39 is 11.7 Å². The number of aryl methyl sites for hydroxylation is 1. The zero-order valence-corrected chi connectivity index (χ0v) is 21.3. The van der Waals surface area contributed by atoms with Crippen LogP contribution in [0.2, 0.25) is 5.02 Å². The zero-order valence-electron chi connectivity index (χ0n) is 20.6. The first kappa shape index (κ1) is 26.6. The molecule has 0 bridgehead atoms. The van der Waals surface area contributed by atoms with Gasteiger partial charge in [-0.1, -0.05) is 48.0 Å². The largest absolute Gasteiger partial charge is 0.486 e. The van der Waals surface area contributed by atoms with Crippen LogP contribution in [-0.4, -0.2) is 49.4 Å². The van der Waals surface area contributed by atoms with Gasteiger partial charge in [-0.3, -0.25) is 9.59 Å². The molecule has 0 atom stereocenters. The summed E-state index contributed by atoms with van der Waals surface area (Å²) in [6.45, 7) is 4.48. The van der Waals surface area contributed by atoms with E-state index >= 15 is 0 Å². The molecule has 0 aromatic heterocycles. The van der Waals surface area contributed by atoms with Crippen molar-refractivity contribution in [3.8, 4) is 22.6 Å². The average molecular weight is 525 g/mol. The van der Waals surface area contributed by atoms with E-state index in [0.717, 1.165) is 36.1 Å². The van der Waals surface area contributed by atoms with Gasteiger partial charge in [0.05, 0.1) is 0 Å². The van der Waals surface area contributed by atoms with Gasteiger partial charge in [0.1, 0.15) is 13.2 Å². The quantitative estimate of drug-likeness (QED) is 0.335. The molecule has 3 aromatic rings. The molecular weight excluding hydrogens is 495 g/mol. The molecule has 2 aliphatic heterocycles. The van der Waals surface area contributed by atoms with Gasteiger partial charge >= 0.3 is 0 Å². The van der Waals surface area contributed by atoms with E-state index in [1.54, 1.807) is 42.5 Å². The maximum absolute atomic E-state index is 13.8. The summed E-state index contributed by atoms with van der Waals surface area (Å²) in [5.74, 6) is -1.10. The van der Waals surface area contributed by atoms with E-state index in [1.807, 2.05) is 18.2 Å². The van der Waals surface area contributed by atoms with E-state index in [0.29, 0.717) is 29.5 Å². The van der Waals surface area contributed by atoms with E-state index in [9.17, 15) is 14.0 Å². The van der Waals surface area contributed by atoms with E-state index in [2.05, 4.69) is 4.90 Å². The molecule has 8 heteroatoms. The number of nitrogens with two attached hydrogens (primary N) is 1. The Labute approximate surface area is 221 Å². The number of carbonyl (C=O) groups is 2. The molecule has 0 radical (unpaired) electrons. The Bertz CT molecular complexity index is 1230. The lowest BCUT2D eigenvalue weighted by Crippen LogP contribution is -2.22. The molecule has 6 nitrogen and oxygen atoms in total. The van der Waals surface area contributed by atoms with Crippen LogP contribution in [0.5, 0.6) is 11.5 Å². The lowest BCUT2D eigenvalue weighted by Gasteiger charge is -2.20. The smallest absolute Gasteiger partial charge is 0.289 e. The van der Waals surface area contributed by atoms with Crippen LogP contribution in [-0.2, 0) is 11.2 Å². The number of benzene rings is 3. The standard InChI is InChI=1S/C15H20FNO2.C14H10ClNO2/c16-13-10-12(4-3-7-17-5-1-2-6-17)11-14-15(13)19-9-8-18-14;15-12-7-5-10(6-8-12)9-1-3-11(4-2-9)13(17)14(16)18/h10-11H,1-9H2;1-8H,(H2,16,18). The molecule has 2 heterocycles. The normalized spacial score (nSPS) is 14.5. The monoisotopic (exact) mass is 524 g/mol. The fourth-order valence-corrected chi connectivity index (χ4v) is 4.55. The van der Waals surface area contributed by atoms with E-state index in [1.165, 1.54) is 25.9 Å². The molecule has 37 heavy (non-hydrogen) atoms. The number of hydrogen-bond acceptors (Lipinski definition) is 5. The number of amides is 1. The molecule has 2 aliphatic rings. The number of primary amides is 1. The van der Waals surface area contributed by atoms with Crippen molar-refractivity contribution in [1.82, 2.24) is 4.90 Å². The first-order valence-corrected chi connectivity index (χ1v) is 12.8. The summed E-state index contributed by atoms with van der Waals surface area (Å²) in [6, 6.07) is 17.5. The third kappa shape index (κ3) is 7.31. The van der Waals surface area contributed by atoms with Crippen molar-refractivity contribution in [2.45, 2.75) is 25.7 Å². The topological polar surface area (TPSA) is 81.9 Å². The lowest BCUT2D eigenvalue weighted by molar-refractivity contribution is -0.114. The number of halogens is 2.